The summed E-state index contributed by atoms with van der Waals surface area (Å²) in [6, 6.07) is 32.0. The van der Waals surface area contributed by atoms with Gasteiger partial charge in [0.2, 0.25) is 0 Å². The fourth-order valence-electron chi connectivity index (χ4n) is 8.10. The normalized spacial score (nSPS) is 18.3. The van der Waals surface area contributed by atoms with Gasteiger partial charge in [-0.3, -0.25) is 0 Å². The van der Waals surface area contributed by atoms with Crippen molar-refractivity contribution in [3.8, 4) is 22.3 Å². The Kier molecular flexibility index (Phi) is 9.45. The van der Waals surface area contributed by atoms with E-state index in [0.717, 1.165) is 25.7 Å². The van der Waals surface area contributed by atoms with Crippen LogP contribution in [-0.2, 0) is 27.4 Å². The number of aryl methyl sites for hydroxylation is 1. The Morgan fingerprint density at radius 3 is 1.83 bits per heavy atom. The Labute approximate surface area is 286 Å². The molecule has 0 N–H and O–H groups in total. The monoisotopic (exact) mass is 741 g/mol. The van der Waals surface area contributed by atoms with E-state index in [1.807, 2.05) is 0 Å². The van der Waals surface area contributed by atoms with Gasteiger partial charge in [0.05, 0.1) is 0 Å². The molecule has 0 amide bonds. The molecule has 2 aliphatic rings. The van der Waals surface area contributed by atoms with E-state index in [4.69, 9.17) is 17.0 Å². The second-order valence-electron chi connectivity index (χ2n) is 15.0. The van der Waals surface area contributed by atoms with Crippen molar-refractivity contribution in [2.24, 2.45) is 0 Å². The van der Waals surface area contributed by atoms with Crippen LogP contribution in [0.2, 0.25) is 13.1 Å². The van der Waals surface area contributed by atoms with Crippen molar-refractivity contribution >= 4 is 35.1 Å². The van der Waals surface area contributed by atoms with Crippen molar-refractivity contribution in [2.45, 2.75) is 86.1 Å². The maximum absolute atomic E-state index is 8.50. The van der Waals surface area contributed by atoms with Gasteiger partial charge in [-0.25, -0.2) is 0 Å². The zero-order valence-electron chi connectivity index (χ0n) is 28.6. The summed E-state index contributed by atoms with van der Waals surface area (Å²) < 4.78 is 0.217. The average molecular weight is 744 g/mol. The fourth-order valence-corrected chi connectivity index (χ4v) is 37.5. The third kappa shape index (κ3) is 5.74. The zero-order chi connectivity index (χ0) is 32.9. The first kappa shape index (κ1) is 33.9. The summed E-state index contributed by atoms with van der Waals surface area (Å²) in [5, 5.41) is 0. The molecule has 0 bridgehead atoms. The predicted molar refractivity (Wildman–Crippen MR) is 204 cm³/mol. The van der Waals surface area contributed by atoms with Gasteiger partial charge in [-0.1, -0.05) is 0 Å². The first-order valence-corrected chi connectivity index (χ1v) is 33.6. The van der Waals surface area contributed by atoms with E-state index in [1.165, 1.54) is 61.2 Å². The van der Waals surface area contributed by atoms with Crippen molar-refractivity contribution in [3.05, 3.63) is 130 Å². The van der Waals surface area contributed by atoms with Crippen LogP contribution in [0.3, 0.4) is 0 Å². The van der Waals surface area contributed by atoms with Crippen LogP contribution in [0.4, 0.5) is 0 Å². The Morgan fingerprint density at radius 2 is 1.26 bits per heavy atom. The number of rotatable bonds is 9. The third-order valence-corrected chi connectivity index (χ3v) is 62.7. The van der Waals surface area contributed by atoms with Gasteiger partial charge >= 0.3 is 289 Å². The minimum absolute atomic E-state index is 0.0911. The van der Waals surface area contributed by atoms with E-state index in [9.17, 15) is 0 Å². The minimum atomic E-state index is -4.70. The maximum atomic E-state index is 8.50. The molecule has 0 fully saturated rings. The number of allylic oxidation sites excluding steroid dienone is 2. The molecule has 2 atom stereocenters. The molecule has 4 aromatic carbocycles. The molecular formula is C42H49Cl2SiZr. The molecule has 2 aliphatic carbocycles. The molecule has 0 saturated heterocycles. The number of hydrogen-bond donors (Lipinski definition) is 0. The van der Waals surface area contributed by atoms with Gasteiger partial charge < -0.3 is 0 Å². The molecule has 0 saturated carbocycles. The summed E-state index contributed by atoms with van der Waals surface area (Å²) in [5.41, 5.74) is 14.8. The molecule has 0 nitrogen and oxygen atoms in total. The average Bonchev–Trinajstić information content (AvgIpc) is 3.64. The Morgan fingerprint density at radius 1 is 0.696 bits per heavy atom. The number of benzene rings is 4. The quantitative estimate of drug-likeness (QED) is 0.150. The molecule has 239 valence electrons. The molecule has 0 aromatic heterocycles. The van der Waals surface area contributed by atoms with Gasteiger partial charge in [0.15, 0.2) is 0 Å². The van der Waals surface area contributed by atoms with Gasteiger partial charge in [-0.15, -0.1) is 0 Å². The summed E-state index contributed by atoms with van der Waals surface area (Å²) >= 11 is -4.70. The van der Waals surface area contributed by atoms with Gasteiger partial charge in [0.25, 0.3) is 0 Å². The Balaban J connectivity index is 1.47. The van der Waals surface area contributed by atoms with Crippen molar-refractivity contribution in [1.29, 1.82) is 0 Å². The van der Waals surface area contributed by atoms with E-state index >= 15 is 0 Å². The summed E-state index contributed by atoms with van der Waals surface area (Å²) in [6.07, 6.45) is 11.6. The zero-order valence-corrected chi connectivity index (χ0v) is 33.8. The van der Waals surface area contributed by atoms with Crippen molar-refractivity contribution in [1.82, 2.24) is 0 Å². The van der Waals surface area contributed by atoms with Crippen LogP contribution >= 0.6 is 17.0 Å². The van der Waals surface area contributed by atoms with E-state index in [0.29, 0.717) is 0 Å². The Bertz CT molecular complexity index is 1810. The van der Waals surface area contributed by atoms with Gasteiger partial charge in [-0.05, 0) is 0 Å². The summed E-state index contributed by atoms with van der Waals surface area (Å²) in [4.78, 5) is 0. The SMILES string of the molecule is CCCC1=Cc2c(-c3ccc(CCC)cc3)cccc2[CH]1[Zr]([Cl])([Cl])([CH]1C=Cc2c(-c3ccc(C(C)(C)C)cc3)cccc21)[SiH](C)C. The van der Waals surface area contributed by atoms with E-state index in [1.54, 1.807) is 0 Å². The van der Waals surface area contributed by atoms with E-state index in [-0.39, 0.29) is 12.7 Å². The van der Waals surface area contributed by atoms with E-state index in [2.05, 4.69) is 151 Å². The van der Waals surface area contributed by atoms with Crippen LogP contribution in [-0.4, -0.2) is 5.92 Å². The molecule has 4 aromatic rings. The summed E-state index contributed by atoms with van der Waals surface area (Å²) in [7, 11) is 17.0. The molecular weight excluding hydrogens is 695 g/mol. The molecule has 0 spiro atoms. The molecule has 0 radical (unpaired) electrons. The number of halogens is 2. The predicted octanol–water partition coefficient (Wildman–Crippen LogP) is 13.3. The number of fused-ring (bicyclic) bond motifs is 2. The van der Waals surface area contributed by atoms with Gasteiger partial charge in [-0.2, -0.15) is 0 Å². The van der Waals surface area contributed by atoms with E-state index < -0.39 is 21.5 Å². The van der Waals surface area contributed by atoms with Crippen LogP contribution in [0.25, 0.3) is 34.4 Å². The van der Waals surface area contributed by atoms with Crippen LogP contribution in [0.15, 0.2) is 96.6 Å². The second kappa shape index (κ2) is 12.8. The molecule has 46 heavy (non-hydrogen) atoms. The van der Waals surface area contributed by atoms with Gasteiger partial charge in [0.1, 0.15) is 0 Å². The summed E-state index contributed by atoms with van der Waals surface area (Å²) in [6.45, 7) is 16.2. The molecule has 4 heteroatoms. The van der Waals surface area contributed by atoms with Crippen LogP contribution in [0.5, 0.6) is 0 Å². The van der Waals surface area contributed by atoms with Crippen LogP contribution < -0.4 is 0 Å². The standard InChI is InChI=1S/C21H23.C19H19.C2H7Si.2ClH.Zr/c1-3-6-16-10-12-18(13-11-16)20-9-5-8-19-14-17(7-4-2)15-21(19)20;1-19(2,3)16-12-10-15(11-13-16)18-9-5-7-14-6-4-8-17(14)18;1-3-2;;;/h5,8-15H,3-4,6-7H2,1-2H3;4-13H,1-3H3;3H,1-2H3;2*1H;/q;;;;;+2/p-2. The first-order chi connectivity index (χ1) is 21.9. The summed E-state index contributed by atoms with van der Waals surface area (Å²) in [5.74, 6) is -1.57. The Hall–Kier alpha value is -1.96. The third-order valence-electron chi connectivity index (χ3n) is 10.7. The molecule has 0 aliphatic heterocycles. The van der Waals surface area contributed by atoms with Crippen molar-refractivity contribution in [3.63, 3.8) is 0 Å². The first-order valence-electron chi connectivity index (χ1n) is 17.3. The topological polar surface area (TPSA) is 0 Å². The van der Waals surface area contributed by atoms with Crippen molar-refractivity contribution < 1.29 is 15.6 Å². The van der Waals surface area contributed by atoms with Gasteiger partial charge in [0, 0.05) is 0 Å². The van der Waals surface area contributed by atoms with Crippen LogP contribution in [0.1, 0.15) is 94.5 Å². The molecule has 2 unspecified atom stereocenters. The second-order valence-corrected chi connectivity index (χ2v) is 57.6. The number of hydrogen-bond acceptors (Lipinski definition) is 0. The fraction of sp³-hybridized carbons (Fsp3) is 0.333. The molecule has 6 rings (SSSR count). The molecule has 0 heterocycles. The van der Waals surface area contributed by atoms with Crippen molar-refractivity contribution in [2.75, 3.05) is 0 Å². The van der Waals surface area contributed by atoms with Crippen LogP contribution in [0, 0.1) is 0 Å².